The van der Waals surface area contributed by atoms with Crippen LogP contribution in [0.5, 0.6) is 0 Å². The molecule has 0 amide bonds. The van der Waals surface area contributed by atoms with Crippen LogP contribution >= 0.6 is 0 Å². The molecule has 0 spiro atoms. The number of rotatable bonds is 10. The van der Waals surface area contributed by atoms with Crippen LogP contribution in [0.15, 0.2) is 72.9 Å². The van der Waals surface area contributed by atoms with Crippen molar-refractivity contribution in [1.29, 1.82) is 0 Å². The van der Waals surface area contributed by atoms with E-state index in [1.807, 2.05) is 71.4 Å². The Labute approximate surface area is 372 Å². The summed E-state index contributed by atoms with van der Waals surface area (Å²) < 4.78 is 296. The molecular weight excluding hydrogens is 977 g/mol. The molecule has 7 aromatic rings. The molecule has 0 aliphatic carbocycles. The van der Waals surface area contributed by atoms with Gasteiger partial charge in [-0.05, 0) is 17.9 Å². The van der Waals surface area contributed by atoms with E-state index in [2.05, 4.69) is 12.1 Å². The topological polar surface area (TPSA) is 41.2 Å². The van der Waals surface area contributed by atoms with Crippen LogP contribution in [0.2, 0.25) is 0 Å². The lowest BCUT2D eigenvalue weighted by molar-refractivity contribution is -0.683. The highest BCUT2D eigenvalue weighted by atomic mass is 19.2. The fourth-order valence-electron chi connectivity index (χ4n) is 7.62. The number of aliphatic hydroxyl groups excluding tert-OH is 1. The number of benzene rings is 6. The summed E-state index contributed by atoms with van der Waals surface area (Å²) >= 11 is 0. The zero-order chi connectivity index (χ0) is 51.1. The maximum atomic E-state index is 15.4. The van der Waals surface area contributed by atoms with Crippen molar-refractivity contribution in [3.05, 3.63) is 201 Å². The molecular formula is C45H20BF20NO2. The number of nitrogens with zero attached hydrogens (tertiary/aromatic N) is 1. The third kappa shape index (κ3) is 8.43. The third-order valence-corrected chi connectivity index (χ3v) is 10.7. The molecule has 0 aliphatic heterocycles. The van der Waals surface area contributed by atoms with Crippen molar-refractivity contribution >= 4 is 50.6 Å². The molecule has 1 N–H and O–H groups in total. The molecule has 1 heterocycles. The summed E-state index contributed by atoms with van der Waals surface area (Å²) in [5, 5.41) is 11.2. The van der Waals surface area contributed by atoms with Crippen LogP contribution in [0.1, 0.15) is 22.5 Å². The Hall–Kier alpha value is -7.24. The smallest absolute Gasteiger partial charge is 0.227 e. The van der Waals surface area contributed by atoms with Gasteiger partial charge >= 0.3 is 0 Å². The van der Waals surface area contributed by atoms with Crippen LogP contribution in [0.3, 0.4) is 0 Å². The molecule has 0 atom stereocenters. The molecule has 0 unspecified atom stereocenters. The summed E-state index contributed by atoms with van der Waals surface area (Å²) in [6, 6.07) is 19.5. The Morgan fingerprint density at radius 2 is 0.754 bits per heavy atom. The zero-order valence-corrected chi connectivity index (χ0v) is 33.6. The van der Waals surface area contributed by atoms with E-state index < -0.39 is 144 Å². The summed E-state index contributed by atoms with van der Waals surface area (Å²) in [5.74, 6) is -71.3. The van der Waals surface area contributed by atoms with Crippen molar-refractivity contribution in [3.8, 4) is 0 Å². The molecule has 0 aliphatic rings. The SMILES string of the molecule is Fc1c(F)c(F)c([B-](c2c(F)c(F)c(F)c(F)c2F)(c2c(F)c(F)c(F)c(F)c2F)c2c(F)c(F)c(F)c(F)c2F)c(F)c1F.O=C(C[n+]1ccc2ccccc2c1C=CCCO)c1ccccc1. The number of carbonyl (C=O) groups excluding carboxylic acids is 1. The fraction of sp³-hybridized carbons (Fsp3) is 0.0667. The van der Waals surface area contributed by atoms with Crippen LogP contribution in [-0.2, 0) is 6.54 Å². The highest BCUT2D eigenvalue weighted by Crippen LogP contribution is 2.31. The van der Waals surface area contributed by atoms with E-state index in [1.165, 1.54) is 0 Å². The number of Topliss-reactive ketones (excluding diaryl/α,β-unsaturated/α-hetero) is 1. The van der Waals surface area contributed by atoms with Crippen molar-refractivity contribution in [2.45, 2.75) is 13.0 Å². The van der Waals surface area contributed by atoms with Crippen molar-refractivity contribution < 1.29 is 102 Å². The van der Waals surface area contributed by atoms with Gasteiger partial charge in [-0.3, -0.25) is 4.79 Å². The maximum Gasteiger partial charge on any atom is 0.227 e. The quantitative estimate of drug-likeness (QED) is 0.0371. The van der Waals surface area contributed by atoms with E-state index >= 15 is 35.1 Å². The number of ketones is 1. The van der Waals surface area contributed by atoms with Gasteiger partial charge in [-0.25, -0.2) is 87.8 Å². The van der Waals surface area contributed by atoms with E-state index in [9.17, 15) is 57.5 Å². The van der Waals surface area contributed by atoms with Crippen LogP contribution in [0.4, 0.5) is 87.8 Å². The van der Waals surface area contributed by atoms with Crippen LogP contribution < -0.4 is 26.4 Å². The minimum Gasteiger partial charge on any atom is -0.396 e. The summed E-state index contributed by atoms with van der Waals surface area (Å²) in [6.07, 6.45) is -0.759. The van der Waals surface area contributed by atoms with Gasteiger partial charge < -0.3 is 5.11 Å². The van der Waals surface area contributed by atoms with Gasteiger partial charge in [0.25, 0.3) is 0 Å². The van der Waals surface area contributed by atoms with Crippen molar-refractivity contribution in [3.63, 3.8) is 0 Å². The highest BCUT2D eigenvalue weighted by molar-refractivity contribution is 7.20. The molecule has 24 heteroatoms. The summed E-state index contributed by atoms with van der Waals surface area (Å²) in [4.78, 5) is 12.5. The predicted molar refractivity (Wildman–Crippen MR) is 205 cm³/mol. The van der Waals surface area contributed by atoms with Gasteiger partial charge in [-0.1, -0.05) is 54.6 Å². The average Bonchev–Trinajstić information content (AvgIpc) is 3.34. The van der Waals surface area contributed by atoms with Crippen LogP contribution in [0, 0.1) is 116 Å². The molecule has 360 valence electrons. The van der Waals surface area contributed by atoms with E-state index in [0.717, 1.165) is 16.5 Å². The fourth-order valence-corrected chi connectivity index (χ4v) is 7.62. The Morgan fingerprint density at radius 3 is 1.10 bits per heavy atom. The monoisotopic (exact) mass is 997 g/mol. The zero-order valence-electron chi connectivity index (χ0n) is 33.6. The second-order valence-electron chi connectivity index (χ2n) is 14.4. The number of hydrogen-bond acceptors (Lipinski definition) is 2. The average molecular weight is 997 g/mol. The lowest BCUT2D eigenvalue weighted by Gasteiger charge is -2.44. The third-order valence-electron chi connectivity index (χ3n) is 10.7. The van der Waals surface area contributed by atoms with Crippen molar-refractivity contribution in [1.82, 2.24) is 0 Å². The molecule has 6 aromatic carbocycles. The molecule has 0 bridgehead atoms. The van der Waals surface area contributed by atoms with Gasteiger partial charge in [0, 0.05) is 24.3 Å². The first-order chi connectivity index (χ1) is 32.5. The predicted octanol–water partition coefficient (Wildman–Crippen LogP) is 9.25. The normalized spacial score (nSPS) is 11.7. The Kier molecular flexibility index (Phi) is 14.7. The summed E-state index contributed by atoms with van der Waals surface area (Å²) in [7, 11) is 0. The number of halogens is 20. The van der Waals surface area contributed by atoms with Gasteiger partial charge in [0.15, 0.2) is 76.0 Å². The summed E-state index contributed by atoms with van der Waals surface area (Å²) in [6.45, 7) is 0.401. The maximum absolute atomic E-state index is 15.4. The van der Waals surface area contributed by atoms with E-state index in [1.54, 1.807) is 0 Å². The minimum absolute atomic E-state index is 0.0766. The van der Waals surface area contributed by atoms with Gasteiger partial charge in [0.2, 0.25) is 18.0 Å². The molecule has 1 aromatic heterocycles. The number of aromatic nitrogens is 1. The number of carbonyl (C=O) groups is 1. The van der Waals surface area contributed by atoms with Crippen LogP contribution in [-0.4, -0.2) is 23.6 Å². The first kappa shape index (κ1) is 51.2. The van der Waals surface area contributed by atoms with Gasteiger partial charge in [0.05, 0.1) is 5.39 Å². The lowest BCUT2D eigenvalue weighted by Crippen LogP contribution is -2.81. The standard InChI is InChI=1S/C24BF20.C21H20NO2/c26-5-1(6(27)14(35)21(42)13(5)34)25(2-7(28)15(36)22(43)16(37)8(2)29,3-9(30)17(38)23(44)18(39)10(3)31)4-11(32)19(40)24(45)20(41)12(4)33;23-15-7-6-12-20-19-11-5-4-8-17(19)13-14-22(20)16-21(24)18-9-2-1-3-10-18/h;1-6,8-14,23H,7,15-16H2/q-1;+1. The van der Waals surface area contributed by atoms with Crippen molar-refractivity contribution in [2.75, 3.05) is 6.61 Å². The van der Waals surface area contributed by atoms with Gasteiger partial charge in [-0.15, -0.1) is 21.9 Å². The Balaban J connectivity index is 0.000000273. The second kappa shape index (κ2) is 19.8. The molecule has 69 heavy (non-hydrogen) atoms. The van der Waals surface area contributed by atoms with Crippen molar-refractivity contribution in [2.24, 2.45) is 0 Å². The largest absolute Gasteiger partial charge is 0.396 e. The Bertz CT molecular complexity index is 2860. The number of pyridine rings is 1. The molecule has 3 nitrogen and oxygen atoms in total. The first-order valence-corrected chi connectivity index (χ1v) is 19.0. The van der Waals surface area contributed by atoms with Crippen LogP contribution in [0.25, 0.3) is 16.8 Å². The molecule has 0 saturated carbocycles. The summed E-state index contributed by atoms with van der Waals surface area (Å²) in [5.41, 5.74) is -12.6. The van der Waals surface area contributed by atoms with Gasteiger partial charge in [-0.2, -0.15) is 4.57 Å². The molecule has 0 saturated heterocycles. The van der Waals surface area contributed by atoms with E-state index in [4.69, 9.17) is 5.11 Å². The van der Waals surface area contributed by atoms with E-state index in [0.29, 0.717) is 12.0 Å². The number of fused-ring (bicyclic) bond motifs is 1. The number of hydrogen-bond donors (Lipinski definition) is 1. The molecule has 0 radical (unpaired) electrons. The number of aliphatic hydroxyl groups is 1. The lowest BCUT2D eigenvalue weighted by atomic mass is 9.12. The minimum atomic E-state index is -7.22. The molecule has 0 fully saturated rings. The molecule has 7 rings (SSSR count). The van der Waals surface area contributed by atoms with E-state index in [-0.39, 0.29) is 18.9 Å². The van der Waals surface area contributed by atoms with Gasteiger partial charge in [0.1, 0.15) is 52.7 Å². The highest BCUT2D eigenvalue weighted by Gasteiger charge is 2.52. The first-order valence-electron chi connectivity index (χ1n) is 19.0. The Morgan fingerprint density at radius 1 is 0.435 bits per heavy atom. The second-order valence-corrected chi connectivity index (χ2v) is 14.4.